The Labute approximate surface area is 116 Å². The fourth-order valence-electron chi connectivity index (χ4n) is 1.72. The van der Waals surface area contributed by atoms with Crippen molar-refractivity contribution in [1.82, 2.24) is 9.59 Å². The van der Waals surface area contributed by atoms with Crippen LogP contribution in [0, 0.1) is 6.92 Å². The van der Waals surface area contributed by atoms with Gasteiger partial charge in [0.05, 0.1) is 5.69 Å². The molecular formula is C13H16N4OS. The highest BCUT2D eigenvalue weighted by atomic mass is 32.1. The first-order valence-electron chi connectivity index (χ1n) is 6.10. The van der Waals surface area contributed by atoms with Gasteiger partial charge in [-0.2, -0.15) is 0 Å². The van der Waals surface area contributed by atoms with E-state index in [0.717, 1.165) is 41.3 Å². The zero-order valence-corrected chi connectivity index (χ0v) is 11.8. The van der Waals surface area contributed by atoms with Crippen molar-refractivity contribution >= 4 is 28.8 Å². The number of aryl methyl sites for hydroxylation is 2. The maximum Gasteiger partial charge on any atom is 0.269 e. The van der Waals surface area contributed by atoms with Crippen LogP contribution in [0.15, 0.2) is 18.2 Å². The second-order valence-corrected chi connectivity index (χ2v) is 5.08. The largest absolute Gasteiger partial charge is 0.399 e. The zero-order valence-electron chi connectivity index (χ0n) is 10.9. The molecule has 0 atom stereocenters. The Morgan fingerprint density at radius 3 is 2.95 bits per heavy atom. The molecule has 0 unspecified atom stereocenters. The van der Waals surface area contributed by atoms with Crippen molar-refractivity contribution in [2.75, 3.05) is 11.1 Å². The average Bonchev–Trinajstić information content (AvgIpc) is 2.83. The highest BCUT2D eigenvalue weighted by Crippen LogP contribution is 2.19. The standard InChI is InChI=1S/C13H16N4OS/c1-3-4-11-12(19-17-16-11)13(18)15-9-5-6-10(14)8(2)7-9/h5-7H,3-4,14H2,1-2H3,(H,15,18). The van der Waals surface area contributed by atoms with E-state index in [-0.39, 0.29) is 5.91 Å². The van der Waals surface area contributed by atoms with Crippen LogP contribution in [0.2, 0.25) is 0 Å². The van der Waals surface area contributed by atoms with Gasteiger partial charge in [0.2, 0.25) is 0 Å². The molecule has 5 nitrogen and oxygen atoms in total. The molecule has 0 spiro atoms. The number of nitrogens with zero attached hydrogens (tertiary/aromatic N) is 2. The number of hydrogen-bond donors (Lipinski definition) is 2. The fourth-order valence-corrected chi connectivity index (χ4v) is 2.33. The van der Waals surface area contributed by atoms with Gasteiger partial charge in [0.1, 0.15) is 4.88 Å². The zero-order chi connectivity index (χ0) is 13.8. The smallest absolute Gasteiger partial charge is 0.269 e. The molecule has 100 valence electrons. The first-order chi connectivity index (χ1) is 9.11. The molecule has 19 heavy (non-hydrogen) atoms. The van der Waals surface area contributed by atoms with Gasteiger partial charge in [-0.15, -0.1) is 5.10 Å². The molecule has 0 aliphatic carbocycles. The van der Waals surface area contributed by atoms with Gasteiger partial charge in [-0.05, 0) is 48.6 Å². The minimum absolute atomic E-state index is 0.164. The maximum absolute atomic E-state index is 12.2. The molecule has 0 aliphatic rings. The van der Waals surface area contributed by atoms with Gasteiger partial charge >= 0.3 is 0 Å². The number of nitrogens with one attached hydrogen (secondary N) is 1. The number of hydrogen-bond acceptors (Lipinski definition) is 5. The average molecular weight is 276 g/mol. The summed E-state index contributed by atoms with van der Waals surface area (Å²) in [5.41, 5.74) is 8.89. The number of carbonyl (C=O) groups excluding carboxylic acids is 1. The molecule has 6 heteroatoms. The number of amides is 1. The lowest BCUT2D eigenvalue weighted by Crippen LogP contribution is -2.12. The van der Waals surface area contributed by atoms with Crippen LogP contribution in [-0.4, -0.2) is 15.5 Å². The summed E-state index contributed by atoms with van der Waals surface area (Å²) in [5.74, 6) is -0.164. The molecule has 0 bridgehead atoms. The van der Waals surface area contributed by atoms with Crippen LogP contribution >= 0.6 is 11.5 Å². The number of anilines is 2. The van der Waals surface area contributed by atoms with Crippen molar-refractivity contribution in [1.29, 1.82) is 0 Å². The van der Waals surface area contributed by atoms with Crippen molar-refractivity contribution in [2.45, 2.75) is 26.7 Å². The maximum atomic E-state index is 12.2. The predicted octanol–water partition coefficient (Wildman–Crippen LogP) is 2.63. The van der Waals surface area contributed by atoms with E-state index in [9.17, 15) is 4.79 Å². The number of rotatable bonds is 4. The second-order valence-electron chi connectivity index (χ2n) is 4.32. The summed E-state index contributed by atoms with van der Waals surface area (Å²) in [5, 5.41) is 6.84. The molecule has 1 amide bonds. The highest BCUT2D eigenvalue weighted by molar-refractivity contribution is 7.08. The van der Waals surface area contributed by atoms with Crippen LogP contribution in [0.3, 0.4) is 0 Å². The molecule has 0 saturated heterocycles. The summed E-state index contributed by atoms with van der Waals surface area (Å²) >= 11 is 1.13. The summed E-state index contributed by atoms with van der Waals surface area (Å²) in [6.07, 6.45) is 1.70. The third-order valence-corrected chi connectivity index (χ3v) is 3.54. The number of benzene rings is 1. The van der Waals surface area contributed by atoms with E-state index in [1.807, 2.05) is 19.9 Å². The lowest BCUT2D eigenvalue weighted by molar-refractivity contribution is 0.102. The molecule has 0 radical (unpaired) electrons. The van der Waals surface area contributed by atoms with Crippen LogP contribution in [0.1, 0.15) is 34.3 Å². The van der Waals surface area contributed by atoms with Crippen molar-refractivity contribution in [2.24, 2.45) is 0 Å². The second kappa shape index (κ2) is 5.79. The van der Waals surface area contributed by atoms with E-state index in [4.69, 9.17) is 5.73 Å². The molecule has 0 fully saturated rings. The normalized spacial score (nSPS) is 10.4. The topological polar surface area (TPSA) is 80.9 Å². The molecule has 0 aliphatic heterocycles. The Bertz CT molecular complexity index is 594. The highest BCUT2D eigenvalue weighted by Gasteiger charge is 2.15. The van der Waals surface area contributed by atoms with E-state index in [1.54, 1.807) is 12.1 Å². The third-order valence-electron chi connectivity index (χ3n) is 2.78. The van der Waals surface area contributed by atoms with E-state index in [2.05, 4.69) is 14.9 Å². The van der Waals surface area contributed by atoms with E-state index in [0.29, 0.717) is 10.6 Å². The lowest BCUT2D eigenvalue weighted by atomic mass is 10.2. The van der Waals surface area contributed by atoms with Crippen molar-refractivity contribution in [3.05, 3.63) is 34.3 Å². The number of nitrogen functional groups attached to an aromatic ring is 1. The molecule has 1 aromatic heterocycles. The minimum atomic E-state index is -0.164. The van der Waals surface area contributed by atoms with Crippen LogP contribution in [0.5, 0.6) is 0 Å². The predicted molar refractivity (Wildman–Crippen MR) is 77.4 cm³/mol. The number of aromatic nitrogens is 2. The molecule has 3 N–H and O–H groups in total. The molecule has 2 rings (SSSR count). The number of carbonyl (C=O) groups is 1. The summed E-state index contributed by atoms with van der Waals surface area (Å²) in [6, 6.07) is 5.41. The summed E-state index contributed by atoms with van der Waals surface area (Å²) < 4.78 is 3.85. The molecular weight excluding hydrogens is 260 g/mol. The van der Waals surface area contributed by atoms with E-state index >= 15 is 0 Å². The van der Waals surface area contributed by atoms with Gasteiger partial charge in [0, 0.05) is 11.4 Å². The van der Waals surface area contributed by atoms with Gasteiger partial charge in [0.15, 0.2) is 0 Å². The van der Waals surface area contributed by atoms with Gasteiger partial charge in [-0.3, -0.25) is 4.79 Å². The van der Waals surface area contributed by atoms with Crippen molar-refractivity contribution < 1.29 is 4.79 Å². The molecule has 1 aromatic carbocycles. The lowest BCUT2D eigenvalue weighted by Gasteiger charge is -2.06. The van der Waals surface area contributed by atoms with Crippen LogP contribution in [0.4, 0.5) is 11.4 Å². The SMILES string of the molecule is CCCc1nnsc1C(=O)Nc1ccc(N)c(C)c1. The molecule has 2 aromatic rings. The summed E-state index contributed by atoms with van der Waals surface area (Å²) in [4.78, 5) is 12.7. The number of nitrogens with two attached hydrogens (primary N) is 1. The van der Waals surface area contributed by atoms with E-state index in [1.165, 1.54) is 0 Å². The van der Waals surface area contributed by atoms with Gasteiger partial charge in [-0.1, -0.05) is 17.8 Å². The summed E-state index contributed by atoms with van der Waals surface area (Å²) in [7, 11) is 0. The molecule has 0 saturated carbocycles. The Morgan fingerprint density at radius 2 is 2.26 bits per heavy atom. The van der Waals surface area contributed by atoms with Crippen LogP contribution < -0.4 is 11.1 Å². The van der Waals surface area contributed by atoms with Crippen LogP contribution in [0.25, 0.3) is 0 Å². The Morgan fingerprint density at radius 1 is 1.47 bits per heavy atom. The quantitative estimate of drug-likeness (QED) is 0.841. The first-order valence-corrected chi connectivity index (χ1v) is 6.88. The Kier molecular flexibility index (Phi) is 4.11. The van der Waals surface area contributed by atoms with Gasteiger partial charge < -0.3 is 11.1 Å². The summed E-state index contributed by atoms with van der Waals surface area (Å²) in [6.45, 7) is 3.95. The fraction of sp³-hybridized carbons (Fsp3) is 0.308. The van der Waals surface area contributed by atoms with Crippen molar-refractivity contribution in [3.8, 4) is 0 Å². The Hall–Kier alpha value is -1.95. The van der Waals surface area contributed by atoms with Gasteiger partial charge in [-0.25, -0.2) is 0 Å². The minimum Gasteiger partial charge on any atom is -0.399 e. The van der Waals surface area contributed by atoms with Crippen LogP contribution in [-0.2, 0) is 6.42 Å². The monoisotopic (exact) mass is 276 g/mol. The van der Waals surface area contributed by atoms with E-state index < -0.39 is 0 Å². The van der Waals surface area contributed by atoms with Gasteiger partial charge in [0.25, 0.3) is 5.91 Å². The molecule has 1 heterocycles. The van der Waals surface area contributed by atoms with Crippen molar-refractivity contribution in [3.63, 3.8) is 0 Å². The first kappa shape index (κ1) is 13.5. The third kappa shape index (κ3) is 3.08. The Balaban J connectivity index is 2.16.